The number of hydrogen-bond acceptors (Lipinski definition) is 6. The average Bonchev–Trinajstić information content (AvgIpc) is 3.27. The lowest BCUT2D eigenvalue weighted by Crippen LogP contribution is -2.11. The van der Waals surface area contributed by atoms with E-state index in [0.717, 1.165) is 22.0 Å². The van der Waals surface area contributed by atoms with E-state index in [9.17, 15) is 23.7 Å². The summed E-state index contributed by atoms with van der Waals surface area (Å²) in [5.74, 6) is -0.543. The lowest BCUT2D eigenvalue weighted by Gasteiger charge is -2.06. The average molecular weight is 429 g/mol. The van der Waals surface area contributed by atoms with Crippen molar-refractivity contribution in [2.24, 2.45) is 0 Å². The molecule has 0 radical (unpaired) electrons. The standard InChI is InChI=1S/C19H13F2N5O3S/c1-10-15(16-23-13-7-2-3-8-14(13)25(16)18(20)21)30-19(22-10)24-17(27)11-5-4-6-12(9-11)26(28)29/h2-9,18H,1H3,(H,22,24,27). The minimum atomic E-state index is -2.81. The van der Waals surface area contributed by atoms with E-state index in [1.165, 1.54) is 18.2 Å². The van der Waals surface area contributed by atoms with Crippen LogP contribution in [0.25, 0.3) is 21.7 Å². The number of amides is 1. The third-order valence-electron chi connectivity index (χ3n) is 4.33. The lowest BCUT2D eigenvalue weighted by molar-refractivity contribution is -0.384. The van der Waals surface area contributed by atoms with Gasteiger partial charge in [-0.1, -0.05) is 29.5 Å². The van der Waals surface area contributed by atoms with Gasteiger partial charge in [-0.25, -0.2) is 9.97 Å². The van der Waals surface area contributed by atoms with E-state index < -0.39 is 17.4 Å². The van der Waals surface area contributed by atoms with Gasteiger partial charge in [0.15, 0.2) is 11.0 Å². The van der Waals surface area contributed by atoms with Gasteiger partial charge in [0.1, 0.15) is 0 Å². The number of imidazole rings is 1. The first kappa shape index (κ1) is 19.6. The number of alkyl halides is 2. The molecule has 1 N–H and O–H groups in total. The SMILES string of the molecule is Cc1nc(NC(=O)c2cccc([N+](=O)[O-])c2)sc1-c1nc2ccccc2n1C(F)F. The topological polar surface area (TPSA) is 103 Å². The zero-order valence-electron chi connectivity index (χ0n) is 15.4. The molecule has 1 amide bonds. The Morgan fingerprint density at radius 2 is 1.97 bits per heavy atom. The molecule has 8 nitrogen and oxygen atoms in total. The first-order valence-electron chi connectivity index (χ1n) is 8.64. The van der Waals surface area contributed by atoms with Gasteiger partial charge in [0.25, 0.3) is 11.6 Å². The van der Waals surface area contributed by atoms with Crippen molar-refractivity contribution in [3.8, 4) is 10.7 Å². The third-order valence-corrected chi connectivity index (χ3v) is 5.40. The number of hydrogen-bond donors (Lipinski definition) is 1. The smallest absolute Gasteiger partial charge is 0.298 e. The molecule has 4 rings (SSSR count). The number of benzene rings is 2. The molecule has 0 fully saturated rings. The van der Waals surface area contributed by atoms with E-state index in [0.29, 0.717) is 16.1 Å². The number of para-hydroxylation sites is 2. The predicted octanol–water partition coefficient (Wildman–Crippen LogP) is 5.02. The summed E-state index contributed by atoms with van der Waals surface area (Å²) in [7, 11) is 0. The second-order valence-corrected chi connectivity index (χ2v) is 7.27. The van der Waals surface area contributed by atoms with Crippen LogP contribution in [-0.2, 0) is 0 Å². The molecular weight excluding hydrogens is 416 g/mol. The van der Waals surface area contributed by atoms with Crippen molar-refractivity contribution in [2.45, 2.75) is 13.5 Å². The molecule has 0 bridgehead atoms. The Bertz CT molecular complexity index is 1280. The van der Waals surface area contributed by atoms with Crippen LogP contribution < -0.4 is 5.32 Å². The number of carbonyl (C=O) groups excluding carboxylic acids is 1. The van der Waals surface area contributed by atoms with Gasteiger partial charge < -0.3 is 0 Å². The van der Waals surface area contributed by atoms with Gasteiger partial charge >= 0.3 is 6.55 Å². The van der Waals surface area contributed by atoms with Crippen LogP contribution in [0.1, 0.15) is 22.6 Å². The maximum Gasteiger partial charge on any atom is 0.320 e. The summed E-state index contributed by atoms with van der Waals surface area (Å²) in [5.41, 5.74) is 0.995. The number of nitrogens with zero attached hydrogens (tertiary/aromatic N) is 4. The highest BCUT2D eigenvalue weighted by Gasteiger charge is 2.23. The van der Waals surface area contributed by atoms with Crippen molar-refractivity contribution in [3.63, 3.8) is 0 Å². The highest BCUT2D eigenvalue weighted by Crippen LogP contribution is 2.36. The molecule has 2 aromatic carbocycles. The maximum atomic E-state index is 13.7. The molecule has 4 aromatic rings. The normalized spacial score (nSPS) is 11.2. The van der Waals surface area contributed by atoms with E-state index in [-0.39, 0.29) is 27.7 Å². The van der Waals surface area contributed by atoms with Crippen LogP contribution in [0.15, 0.2) is 48.5 Å². The first-order chi connectivity index (χ1) is 14.3. The maximum absolute atomic E-state index is 13.7. The number of aromatic nitrogens is 3. The highest BCUT2D eigenvalue weighted by atomic mass is 32.1. The lowest BCUT2D eigenvalue weighted by atomic mass is 10.2. The minimum Gasteiger partial charge on any atom is -0.298 e. The number of carbonyl (C=O) groups is 1. The molecule has 0 unspecified atom stereocenters. The Kier molecular flexibility index (Phi) is 4.96. The van der Waals surface area contributed by atoms with Crippen LogP contribution in [-0.4, -0.2) is 25.4 Å². The number of nitrogens with one attached hydrogen (secondary N) is 1. The number of non-ortho nitro benzene ring substituents is 1. The molecular formula is C19H13F2N5O3S. The largest absolute Gasteiger partial charge is 0.320 e. The molecule has 152 valence electrons. The molecule has 0 spiro atoms. The number of anilines is 1. The Morgan fingerprint density at radius 3 is 2.70 bits per heavy atom. The van der Waals surface area contributed by atoms with Gasteiger partial charge in [0.05, 0.1) is 26.5 Å². The van der Waals surface area contributed by atoms with Crippen molar-refractivity contribution in [1.82, 2.24) is 14.5 Å². The molecule has 0 aliphatic carbocycles. The van der Waals surface area contributed by atoms with Crippen molar-refractivity contribution in [1.29, 1.82) is 0 Å². The molecule has 2 heterocycles. The van der Waals surface area contributed by atoms with Gasteiger partial charge in [0, 0.05) is 17.7 Å². The zero-order chi connectivity index (χ0) is 21.4. The van der Waals surface area contributed by atoms with Crippen LogP contribution in [0.3, 0.4) is 0 Å². The number of fused-ring (bicyclic) bond motifs is 1. The van der Waals surface area contributed by atoms with E-state index in [1.54, 1.807) is 31.2 Å². The second-order valence-electron chi connectivity index (χ2n) is 6.27. The van der Waals surface area contributed by atoms with E-state index >= 15 is 0 Å². The van der Waals surface area contributed by atoms with Gasteiger partial charge in [-0.3, -0.25) is 24.8 Å². The van der Waals surface area contributed by atoms with Crippen molar-refractivity contribution in [3.05, 3.63) is 69.9 Å². The monoisotopic (exact) mass is 429 g/mol. The van der Waals surface area contributed by atoms with E-state index in [2.05, 4.69) is 15.3 Å². The molecule has 0 saturated carbocycles. The Balaban J connectivity index is 1.69. The van der Waals surface area contributed by atoms with E-state index in [4.69, 9.17) is 0 Å². The van der Waals surface area contributed by atoms with Gasteiger partial charge in [-0.05, 0) is 25.1 Å². The fourth-order valence-corrected chi connectivity index (χ4v) is 3.94. The van der Waals surface area contributed by atoms with Crippen LogP contribution in [0.2, 0.25) is 0 Å². The summed E-state index contributed by atoms with van der Waals surface area (Å²) in [4.78, 5) is 31.7. The second kappa shape index (κ2) is 7.59. The van der Waals surface area contributed by atoms with Gasteiger partial charge in [0.2, 0.25) is 0 Å². The molecule has 30 heavy (non-hydrogen) atoms. The molecule has 11 heteroatoms. The summed E-state index contributed by atoms with van der Waals surface area (Å²) < 4.78 is 28.3. The highest BCUT2D eigenvalue weighted by molar-refractivity contribution is 7.19. The summed E-state index contributed by atoms with van der Waals surface area (Å²) >= 11 is 0.999. The Morgan fingerprint density at radius 1 is 1.20 bits per heavy atom. The van der Waals surface area contributed by atoms with Crippen molar-refractivity contribution >= 4 is 39.1 Å². The van der Waals surface area contributed by atoms with Gasteiger partial charge in [-0.2, -0.15) is 8.78 Å². The van der Waals surface area contributed by atoms with Crippen molar-refractivity contribution in [2.75, 3.05) is 5.32 Å². The quantitative estimate of drug-likeness (QED) is 0.354. The molecule has 0 aliphatic rings. The van der Waals surface area contributed by atoms with Crippen LogP contribution in [0.5, 0.6) is 0 Å². The van der Waals surface area contributed by atoms with Crippen LogP contribution in [0.4, 0.5) is 19.6 Å². The third kappa shape index (κ3) is 3.50. The molecule has 0 saturated heterocycles. The summed E-state index contributed by atoms with van der Waals surface area (Å²) in [5, 5.41) is 13.6. The van der Waals surface area contributed by atoms with E-state index in [1.807, 2.05) is 0 Å². The van der Waals surface area contributed by atoms with Crippen LogP contribution >= 0.6 is 11.3 Å². The van der Waals surface area contributed by atoms with Crippen LogP contribution in [0, 0.1) is 17.0 Å². The number of rotatable bonds is 5. The van der Waals surface area contributed by atoms with Gasteiger partial charge in [-0.15, -0.1) is 0 Å². The number of nitro groups is 1. The number of thiazole rings is 1. The number of halogens is 2. The fourth-order valence-electron chi connectivity index (χ4n) is 2.99. The molecule has 2 aromatic heterocycles. The first-order valence-corrected chi connectivity index (χ1v) is 9.45. The van der Waals surface area contributed by atoms with Crippen molar-refractivity contribution < 1.29 is 18.5 Å². The summed E-state index contributed by atoms with van der Waals surface area (Å²) in [6.45, 7) is -1.18. The molecule has 0 atom stereocenters. The predicted molar refractivity (Wildman–Crippen MR) is 108 cm³/mol. The number of aryl methyl sites for hydroxylation is 1. The molecule has 0 aliphatic heterocycles. The minimum absolute atomic E-state index is 0.0528. The zero-order valence-corrected chi connectivity index (χ0v) is 16.2. The summed E-state index contributed by atoms with van der Waals surface area (Å²) in [6, 6.07) is 11.8. The fraction of sp³-hybridized carbons (Fsp3) is 0.105. The summed E-state index contributed by atoms with van der Waals surface area (Å²) in [6.07, 6.45) is 0. The Labute approximate surface area is 172 Å². The number of nitro benzene ring substituents is 1. The Hall–Kier alpha value is -3.73.